The number of carbonyl (C=O) groups is 1. The molecule has 3 aromatic rings. The summed E-state index contributed by atoms with van der Waals surface area (Å²) >= 11 is 7.66. The molecule has 0 saturated heterocycles. The van der Waals surface area contributed by atoms with E-state index in [0.717, 1.165) is 22.1 Å². The van der Waals surface area contributed by atoms with Crippen molar-refractivity contribution in [3.8, 4) is 5.75 Å². The summed E-state index contributed by atoms with van der Waals surface area (Å²) < 4.78 is 5.17. The van der Waals surface area contributed by atoms with Crippen LogP contribution in [0.2, 0.25) is 5.02 Å². The fraction of sp³-hybridized carbons (Fsp3) is 0.174. The Morgan fingerprint density at radius 3 is 2.14 bits per heavy atom. The van der Waals surface area contributed by atoms with Crippen molar-refractivity contribution < 1.29 is 9.53 Å². The van der Waals surface area contributed by atoms with E-state index in [-0.39, 0.29) is 5.91 Å². The Balaban J connectivity index is 1.56. The Bertz CT molecular complexity index is 909. The number of hydrogen-bond donors (Lipinski definition) is 0. The number of thioether (sulfide) groups is 1. The molecule has 0 unspecified atom stereocenters. The molecule has 0 aliphatic heterocycles. The summed E-state index contributed by atoms with van der Waals surface area (Å²) in [5.41, 5.74) is 2.93. The number of benzene rings is 3. The molecule has 0 heterocycles. The molecule has 0 aliphatic carbocycles. The number of ether oxygens (including phenoxy) is 1. The third kappa shape index (κ3) is 5.54. The molecule has 3 aromatic carbocycles. The number of hydrogen-bond acceptors (Lipinski definition) is 3. The Hall–Kier alpha value is -2.43. The third-order valence-corrected chi connectivity index (χ3v) is 5.68. The van der Waals surface area contributed by atoms with Crippen molar-refractivity contribution in [2.75, 3.05) is 14.2 Å². The number of halogens is 1. The predicted molar refractivity (Wildman–Crippen MR) is 116 cm³/mol. The second-order valence-electron chi connectivity index (χ2n) is 6.45. The van der Waals surface area contributed by atoms with Crippen LogP contribution in [0.3, 0.4) is 0 Å². The van der Waals surface area contributed by atoms with E-state index >= 15 is 0 Å². The lowest BCUT2D eigenvalue weighted by molar-refractivity contribution is 0.0785. The number of amides is 1. The van der Waals surface area contributed by atoms with Gasteiger partial charge in [0.05, 0.1) is 7.11 Å². The van der Waals surface area contributed by atoms with E-state index < -0.39 is 0 Å². The van der Waals surface area contributed by atoms with Gasteiger partial charge in [-0.15, -0.1) is 11.8 Å². The van der Waals surface area contributed by atoms with Crippen molar-refractivity contribution in [2.45, 2.75) is 17.2 Å². The lowest BCUT2D eigenvalue weighted by atomic mass is 10.1. The Labute approximate surface area is 175 Å². The van der Waals surface area contributed by atoms with Gasteiger partial charge in [0, 0.05) is 34.8 Å². The topological polar surface area (TPSA) is 29.5 Å². The molecule has 0 aromatic heterocycles. The molecule has 1 amide bonds. The minimum absolute atomic E-state index is 0.00715. The van der Waals surface area contributed by atoms with Crippen molar-refractivity contribution >= 4 is 29.3 Å². The first-order valence-electron chi connectivity index (χ1n) is 8.91. The molecule has 0 fully saturated rings. The number of rotatable bonds is 7. The van der Waals surface area contributed by atoms with Gasteiger partial charge < -0.3 is 9.64 Å². The molecule has 0 spiro atoms. The van der Waals surface area contributed by atoms with Crippen LogP contribution in [0.5, 0.6) is 5.75 Å². The van der Waals surface area contributed by atoms with Gasteiger partial charge in [0.15, 0.2) is 0 Å². The highest BCUT2D eigenvalue weighted by Gasteiger charge is 2.12. The first-order chi connectivity index (χ1) is 13.5. The van der Waals surface area contributed by atoms with Crippen LogP contribution in [0.1, 0.15) is 21.5 Å². The highest BCUT2D eigenvalue weighted by atomic mass is 35.5. The summed E-state index contributed by atoms with van der Waals surface area (Å²) in [4.78, 5) is 15.6. The van der Waals surface area contributed by atoms with Gasteiger partial charge in [-0.05, 0) is 59.7 Å². The maximum atomic E-state index is 12.7. The highest BCUT2D eigenvalue weighted by Crippen LogP contribution is 2.24. The summed E-state index contributed by atoms with van der Waals surface area (Å²) in [6.07, 6.45) is 0. The van der Waals surface area contributed by atoms with Crippen LogP contribution in [0.15, 0.2) is 77.7 Å². The molecule has 0 bridgehead atoms. The molecule has 3 rings (SSSR count). The molecule has 0 radical (unpaired) electrons. The summed E-state index contributed by atoms with van der Waals surface area (Å²) in [7, 11) is 3.46. The van der Waals surface area contributed by atoms with E-state index in [1.165, 1.54) is 10.5 Å². The van der Waals surface area contributed by atoms with E-state index in [1.54, 1.807) is 23.8 Å². The second kappa shape index (κ2) is 9.67. The fourth-order valence-electron chi connectivity index (χ4n) is 2.74. The molecule has 28 heavy (non-hydrogen) atoms. The SMILES string of the molecule is COc1ccc(CN(C)C(=O)c2ccc(CSc3ccc(Cl)cc3)cc2)cc1. The highest BCUT2D eigenvalue weighted by molar-refractivity contribution is 7.98. The van der Waals surface area contributed by atoms with Crippen LogP contribution in [0, 0.1) is 0 Å². The van der Waals surface area contributed by atoms with Crippen molar-refractivity contribution in [1.29, 1.82) is 0 Å². The number of nitrogens with zero attached hydrogens (tertiary/aromatic N) is 1. The zero-order valence-electron chi connectivity index (χ0n) is 15.9. The van der Waals surface area contributed by atoms with Gasteiger partial charge in [-0.3, -0.25) is 4.79 Å². The van der Waals surface area contributed by atoms with Crippen LogP contribution in [-0.2, 0) is 12.3 Å². The Morgan fingerprint density at radius 2 is 1.54 bits per heavy atom. The summed E-state index contributed by atoms with van der Waals surface area (Å²) in [6.45, 7) is 0.553. The maximum Gasteiger partial charge on any atom is 0.253 e. The third-order valence-electron chi connectivity index (χ3n) is 4.35. The average molecular weight is 412 g/mol. The molecule has 0 saturated carbocycles. The monoisotopic (exact) mass is 411 g/mol. The number of methoxy groups -OCH3 is 1. The minimum Gasteiger partial charge on any atom is -0.497 e. The molecule has 144 valence electrons. The van der Waals surface area contributed by atoms with Gasteiger partial charge in [0.25, 0.3) is 5.91 Å². The standard InChI is InChI=1S/C23H22ClNO2S/c1-25(15-17-5-11-21(27-2)12-6-17)23(26)19-7-3-18(4-8-19)16-28-22-13-9-20(24)10-14-22/h3-14H,15-16H2,1-2H3. The maximum absolute atomic E-state index is 12.7. The first-order valence-corrected chi connectivity index (χ1v) is 10.3. The van der Waals surface area contributed by atoms with Gasteiger partial charge in [-0.1, -0.05) is 35.9 Å². The van der Waals surface area contributed by atoms with E-state index in [4.69, 9.17) is 16.3 Å². The van der Waals surface area contributed by atoms with Crippen molar-refractivity contribution in [3.63, 3.8) is 0 Å². The predicted octanol–water partition coefficient (Wildman–Crippen LogP) is 5.91. The van der Waals surface area contributed by atoms with E-state index in [1.807, 2.05) is 79.8 Å². The van der Waals surface area contributed by atoms with Crippen molar-refractivity contribution in [1.82, 2.24) is 4.90 Å². The summed E-state index contributed by atoms with van der Waals surface area (Å²) in [5.74, 6) is 1.66. The van der Waals surface area contributed by atoms with E-state index in [0.29, 0.717) is 12.1 Å². The van der Waals surface area contributed by atoms with Crippen molar-refractivity contribution in [2.24, 2.45) is 0 Å². The van der Waals surface area contributed by atoms with Gasteiger partial charge >= 0.3 is 0 Å². The normalized spacial score (nSPS) is 10.5. The average Bonchev–Trinajstić information content (AvgIpc) is 2.73. The van der Waals surface area contributed by atoms with Crippen LogP contribution in [-0.4, -0.2) is 25.0 Å². The van der Waals surface area contributed by atoms with Gasteiger partial charge in [-0.2, -0.15) is 0 Å². The number of carbonyl (C=O) groups excluding carboxylic acids is 1. The van der Waals surface area contributed by atoms with E-state index in [2.05, 4.69) is 0 Å². The second-order valence-corrected chi connectivity index (χ2v) is 7.93. The van der Waals surface area contributed by atoms with Crippen LogP contribution >= 0.6 is 23.4 Å². The molecule has 3 nitrogen and oxygen atoms in total. The zero-order valence-corrected chi connectivity index (χ0v) is 17.5. The van der Waals surface area contributed by atoms with Crippen LogP contribution < -0.4 is 4.74 Å². The first kappa shape index (κ1) is 20.3. The molecular formula is C23H22ClNO2S. The largest absolute Gasteiger partial charge is 0.497 e. The lowest BCUT2D eigenvalue weighted by Crippen LogP contribution is -2.26. The van der Waals surface area contributed by atoms with Gasteiger partial charge in [0.1, 0.15) is 5.75 Å². The fourth-order valence-corrected chi connectivity index (χ4v) is 3.72. The molecule has 0 N–H and O–H groups in total. The van der Waals surface area contributed by atoms with E-state index in [9.17, 15) is 4.79 Å². The minimum atomic E-state index is 0.00715. The lowest BCUT2D eigenvalue weighted by Gasteiger charge is -2.18. The van der Waals surface area contributed by atoms with Crippen LogP contribution in [0.4, 0.5) is 0 Å². The smallest absolute Gasteiger partial charge is 0.253 e. The molecular weight excluding hydrogens is 390 g/mol. The van der Waals surface area contributed by atoms with Crippen molar-refractivity contribution in [3.05, 3.63) is 94.5 Å². The Kier molecular flexibility index (Phi) is 7.01. The summed E-state index contributed by atoms with van der Waals surface area (Å²) in [5, 5.41) is 0.742. The quantitative estimate of drug-likeness (QED) is 0.452. The summed E-state index contributed by atoms with van der Waals surface area (Å²) in [6, 6.07) is 23.4. The van der Waals surface area contributed by atoms with Crippen LogP contribution in [0.25, 0.3) is 0 Å². The molecule has 0 aliphatic rings. The molecule has 5 heteroatoms. The molecule has 0 atom stereocenters. The van der Waals surface area contributed by atoms with Gasteiger partial charge in [0.2, 0.25) is 0 Å². The zero-order chi connectivity index (χ0) is 19.9. The Morgan fingerprint density at radius 1 is 0.929 bits per heavy atom. The van der Waals surface area contributed by atoms with Gasteiger partial charge in [-0.25, -0.2) is 0 Å².